The zero-order chi connectivity index (χ0) is 33.4. The third-order valence-electron chi connectivity index (χ3n) is 5.92. The molecule has 0 aliphatic heterocycles. The van der Waals surface area contributed by atoms with E-state index in [4.69, 9.17) is 0 Å². The first-order chi connectivity index (χ1) is 21.9. The fourth-order valence-corrected chi connectivity index (χ4v) is 4.47. The van der Waals surface area contributed by atoms with Gasteiger partial charge in [-0.15, -0.1) is 0 Å². The highest BCUT2D eigenvalue weighted by molar-refractivity contribution is 8.13. The molecule has 0 unspecified atom stereocenters. The van der Waals surface area contributed by atoms with Crippen LogP contribution in [0.3, 0.4) is 0 Å². The standard InChI is InChI=1S/C32H16N4O9S/c1-21(37)46-28-15-9-23(10-16-28)8-12-25-18-32(36(44)45)27(20-30(25)34(40)41)14-13-26-19-29(33(38)39)24(17-31(26)35(42)43)11-7-22-5-3-2-4-6-22/h2-6,9-10,15-20H,1H3. The van der Waals surface area contributed by atoms with Gasteiger partial charge in [-0.1, -0.05) is 65.5 Å². The normalized spacial score (nSPS) is 9.76. The second-order valence-corrected chi connectivity index (χ2v) is 10.3. The van der Waals surface area contributed by atoms with Gasteiger partial charge in [-0.2, -0.15) is 0 Å². The summed E-state index contributed by atoms with van der Waals surface area (Å²) in [6, 6.07) is 18.2. The number of rotatable bonds is 5. The lowest BCUT2D eigenvalue weighted by Crippen LogP contribution is -2.00. The molecule has 4 aromatic rings. The summed E-state index contributed by atoms with van der Waals surface area (Å²) in [4.78, 5) is 56.0. The molecular weight excluding hydrogens is 616 g/mol. The van der Waals surface area contributed by atoms with Crippen LogP contribution in [0, 0.1) is 76.0 Å². The number of hydrogen-bond donors (Lipinski definition) is 0. The number of nitrogens with zero attached hydrogens (tertiary/aromatic N) is 4. The molecule has 0 bridgehead atoms. The molecule has 4 aromatic carbocycles. The van der Waals surface area contributed by atoms with Crippen LogP contribution < -0.4 is 0 Å². The van der Waals surface area contributed by atoms with Crippen LogP contribution in [0.1, 0.15) is 40.3 Å². The lowest BCUT2D eigenvalue weighted by Gasteiger charge is -2.01. The Morgan fingerprint density at radius 2 is 0.848 bits per heavy atom. The molecule has 46 heavy (non-hydrogen) atoms. The van der Waals surface area contributed by atoms with Crippen LogP contribution in [0.25, 0.3) is 0 Å². The van der Waals surface area contributed by atoms with Crippen molar-refractivity contribution in [2.75, 3.05) is 0 Å². The Balaban J connectivity index is 1.80. The van der Waals surface area contributed by atoms with Crippen molar-refractivity contribution < 1.29 is 24.5 Å². The van der Waals surface area contributed by atoms with E-state index in [0.29, 0.717) is 16.0 Å². The van der Waals surface area contributed by atoms with E-state index in [-0.39, 0.29) is 16.2 Å². The van der Waals surface area contributed by atoms with Gasteiger partial charge in [0.25, 0.3) is 22.7 Å². The maximum atomic E-state index is 11.9. The number of carbonyl (C=O) groups is 1. The molecule has 0 amide bonds. The van der Waals surface area contributed by atoms with Crippen molar-refractivity contribution in [1.29, 1.82) is 0 Å². The van der Waals surface area contributed by atoms with Gasteiger partial charge in [-0.05, 0) is 36.4 Å². The molecule has 0 aromatic heterocycles. The average Bonchev–Trinajstić information content (AvgIpc) is 3.02. The van der Waals surface area contributed by atoms with Crippen LogP contribution in [0.4, 0.5) is 22.7 Å². The summed E-state index contributed by atoms with van der Waals surface area (Å²) in [7, 11) is 0. The first-order valence-corrected chi connectivity index (χ1v) is 13.6. The molecule has 0 N–H and O–H groups in total. The maximum Gasteiger partial charge on any atom is 0.286 e. The van der Waals surface area contributed by atoms with Crippen molar-refractivity contribution >= 4 is 39.6 Å². The highest BCUT2D eigenvalue weighted by atomic mass is 32.2. The van der Waals surface area contributed by atoms with Crippen LogP contribution in [-0.2, 0) is 4.79 Å². The van der Waals surface area contributed by atoms with Gasteiger partial charge < -0.3 is 0 Å². The lowest BCUT2D eigenvalue weighted by atomic mass is 10.0. The lowest BCUT2D eigenvalue weighted by molar-refractivity contribution is -0.389. The maximum absolute atomic E-state index is 11.9. The molecule has 13 nitrogen and oxygen atoms in total. The molecule has 0 atom stereocenters. The molecule has 0 saturated carbocycles. The van der Waals surface area contributed by atoms with Crippen molar-refractivity contribution in [3.05, 3.63) is 153 Å². The van der Waals surface area contributed by atoms with Crippen LogP contribution >= 0.6 is 11.8 Å². The van der Waals surface area contributed by atoms with Gasteiger partial charge in [0.1, 0.15) is 22.3 Å². The van der Waals surface area contributed by atoms with Gasteiger partial charge in [0, 0.05) is 47.2 Å². The summed E-state index contributed by atoms with van der Waals surface area (Å²) < 4.78 is 0. The van der Waals surface area contributed by atoms with Crippen LogP contribution in [0.15, 0.2) is 83.8 Å². The molecule has 0 spiro atoms. The molecule has 0 radical (unpaired) electrons. The summed E-state index contributed by atoms with van der Waals surface area (Å²) in [5.41, 5.74) is -3.15. The van der Waals surface area contributed by atoms with E-state index in [1.165, 1.54) is 6.92 Å². The second-order valence-electron chi connectivity index (χ2n) is 9.04. The Hall–Kier alpha value is -6.82. The fourth-order valence-electron chi connectivity index (χ4n) is 3.87. The van der Waals surface area contributed by atoms with Crippen LogP contribution in [0.2, 0.25) is 0 Å². The van der Waals surface area contributed by atoms with Crippen molar-refractivity contribution in [3.63, 3.8) is 0 Å². The van der Waals surface area contributed by atoms with E-state index in [1.54, 1.807) is 54.6 Å². The average molecular weight is 633 g/mol. The molecule has 0 aliphatic rings. The summed E-state index contributed by atoms with van der Waals surface area (Å²) in [5.74, 6) is 15.1. The molecule has 14 heteroatoms. The summed E-state index contributed by atoms with van der Waals surface area (Å²) in [6.45, 7) is 1.41. The number of thioether (sulfide) groups is 1. The smallest absolute Gasteiger partial charge is 0.286 e. The van der Waals surface area contributed by atoms with Gasteiger partial charge in [-0.25, -0.2) is 0 Å². The molecule has 0 heterocycles. The monoisotopic (exact) mass is 632 g/mol. The topological polar surface area (TPSA) is 190 Å². The molecule has 0 aliphatic carbocycles. The predicted molar refractivity (Wildman–Crippen MR) is 167 cm³/mol. The van der Waals surface area contributed by atoms with E-state index in [9.17, 15) is 45.3 Å². The number of hydrogen-bond acceptors (Lipinski definition) is 10. The Morgan fingerprint density at radius 3 is 1.17 bits per heavy atom. The van der Waals surface area contributed by atoms with Gasteiger partial charge in [-0.3, -0.25) is 45.3 Å². The first-order valence-electron chi connectivity index (χ1n) is 12.8. The zero-order valence-corrected chi connectivity index (χ0v) is 24.2. The Kier molecular flexibility index (Phi) is 9.84. The fraction of sp³-hybridized carbons (Fsp3) is 0.0312. The second kappa shape index (κ2) is 14.1. The van der Waals surface area contributed by atoms with E-state index in [0.717, 1.165) is 36.0 Å². The van der Waals surface area contributed by atoms with Crippen LogP contribution in [0.5, 0.6) is 0 Å². The minimum absolute atomic E-state index is 0.122. The van der Waals surface area contributed by atoms with Gasteiger partial charge in [0.05, 0.1) is 19.7 Å². The number of carbonyl (C=O) groups excluding carboxylic acids is 1. The van der Waals surface area contributed by atoms with E-state index in [1.807, 2.05) is 0 Å². The summed E-state index contributed by atoms with van der Waals surface area (Å²) in [6.07, 6.45) is 0. The van der Waals surface area contributed by atoms with Crippen LogP contribution in [-0.4, -0.2) is 24.8 Å². The summed E-state index contributed by atoms with van der Waals surface area (Å²) >= 11 is 1.00. The highest BCUT2D eigenvalue weighted by Gasteiger charge is 2.25. The van der Waals surface area contributed by atoms with Crippen molar-refractivity contribution in [2.24, 2.45) is 0 Å². The Morgan fingerprint density at radius 1 is 0.522 bits per heavy atom. The summed E-state index contributed by atoms with van der Waals surface area (Å²) in [5, 5.41) is 47.3. The Labute approximate surface area is 263 Å². The SMILES string of the molecule is CC(=O)Sc1ccc(C#Cc2cc([N+](=O)[O-])c(C#Cc3cc([N+](=O)[O-])c(C#Cc4ccccc4)cc3[N+](=O)[O-])cc2[N+](=O)[O-])cc1. The quantitative estimate of drug-likeness (QED) is 0.107. The third kappa shape index (κ3) is 7.96. The molecular formula is C32H16N4O9S. The van der Waals surface area contributed by atoms with Gasteiger partial charge in [0.15, 0.2) is 5.12 Å². The predicted octanol–water partition coefficient (Wildman–Crippen LogP) is 6.16. The van der Waals surface area contributed by atoms with Crippen molar-refractivity contribution in [2.45, 2.75) is 11.8 Å². The highest BCUT2D eigenvalue weighted by Crippen LogP contribution is 2.30. The molecule has 224 valence electrons. The van der Waals surface area contributed by atoms with E-state index < -0.39 is 53.6 Å². The molecule has 4 rings (SSSR count). The van der Waals surface area contributed by atoms with E-state index >= 15 is 0 Å². The first kappa shape index (κ1) is 32.1. The Bertz CT molecular complexity index is 2130. The van der Waals surface area contributed by atoms with Gasteiger partial charge in [0.2, 0.25) is 0 Å². The minimum atomic E-state index is -0.855. The van der Waals surface area contributed by atoms with Gasteiger partial charge >= 0.3 is 0 Å². The van der Waals surface area contributed by atoms with Crippen molar-refractivity contribution in [3.8, 4) is 35.5 Å². The van der Waals surface area contributed by atoms with Crippen molar-refractivity contribution in [1.82, 2.24) is 0 Å². The molecule has 0 fully saturated rings. The largest absolute Gasteiger partial charge is 0.287 e. The third-order valence-corrected chi connectivity index (χ3v) is 6.71. The minimum Gasteiger partial charge on any atom is -0.287 e. The number of benzene rings is 4. The number of nitro benzene ring substituents is 4. The zero-order valence-electron chi connectivity index (χ0n) is 23.4. The molecule has 0 saturated heterocycles. The number of nitro groups is 4. The van der Waals surface area contributed by atoms with E-state index in [2.05, 4.69) is 35.5 Å².